The summed E-state index contributed by atoms with van der Waals surface area (Å²) in [4.78, 5) is 8.16. The third-order valence-electron chi connectivity index (χ3n) is 1.78. The Hall–Kier alpha value is -1.10. The molecule has 72 valence electrons. The van der Waals surface area contributed by atoms with E-state index >= 15 is 0 Å². The predicted molar refractivity (Wildman–Crippen MR) is 59.9 cm³/mol. The molecule has 0 amide bonds. The summed E-state index contributed by atoms with van der Waals surface area (Å²) in [6, 6.07) is 0. The average molecular weight is 206 g/mol. The molecule has 5 heteroatoms. The van der Waals surface area contributed by atoms with E-state index in [1.165, 1.54) is 17.5 Å². The fraction of sp³-hybridized carbons (Fsp3) is 0.333. The molecule has 0 aliphatic heterocycles. The molecule has 0 aliphatic rings. The van der Waals surface area contributed by atoms with Gasteiger partial charge in [-0.2, -0.15) is 0 Å². The number of rotatable bonds is 5. The van der Waals surface area contributed by atoms with Gasteiger partial charge in [0.2, 0.25) is 0 Å². The molecule has 0 bridgehead atoms. The zero-order valence-electron chi connectivity index (χ0n) is 8.01. The van der Waals surface area contributed by atoms with Gasteiger partial charge in [0.05, 0.1) is 0 Å². The second kappa shape index (κ2) is 5.60. The Labute approximate surface area is 87.9 Å². The van der Waals surface area contributed by atoms with Gasteiger partial charge in [-0.05, 0) is 0 Å². The topological polar surface area (TPSA) is 42.3 Å². The third-order valence-corrected chi connectivity index (χ3v) is 2.55. The van der Waals surface area contributed by atoms with Gasteiger partial charge in [-0.15, -0.1) is 0 Å². The number of aliphatic imine (C=N–C) groups is 1. The minimum absolute atomic E-state index is 0.365. The first kappa shape index (κ1) is 11.0. The summed E-state index contributed by atoms with van der Waals surface area (Å²) in [6.45, 7) is 5.77. The van der Waals surface area contributed by atoms with Crippen molar-refractivity contribution in [1.29, 1.82) is 0 Å². The van der Waals surface area contributed by atoms with Crippen LogP contribution in [0.5, 0.6) is 0 Å². The Morgan fingerprint density at radius 2 is 2.64 bits per heavy atom. The van der Waals surface area contributed by atoms with Crippen LogP contribution in [0, 0.1) is 0 Å². The Morgan fingerprint density at radius 3 is 3.29 bits per heavy atom. The number of hydrogen-bond donors (Lipinski definition) is 0. The van der Waals surface area contributed by atoms with Crippen molar-refractivity contribution >= 4 is 29.7 Å². The summed E-state index contributed by atoms with van der Waals surface area (Å²) in [5, 5.41) is 2.59. The molecule has 1 aromatic rings. The number of allylic oxidation sites excluding steroid dienone is 1. The van der Waals surface area contributed by atoms with Crippen molar-refractivity contribution in [3.05, 3.63) is 23.7 Å². The van der Waals surface area contributed by atoms with Crippen LogP contribution in [0.25, 0.3) is 0 Å². The van der Waals surface area contributed by atoms with Crippen LogP contribution in [0.3, 0.4) is 0 Å². The van der Waals surface area contributed by atoms with Crippen LogP contribution < -0.4 is 0 Å². The van der Waals surface area contributed by atoms with Gasteiger partial charge in [-0.25, -0.2) is 0 Å². The van der Waals surface area contributed by atoms with Crippen LogP contribution in [-0.4, -0.2) is 18.2 Å². The summed E-state index contributed by atoms with van der Waals surface area (Å²) >= 11 is 1.44. The fourth-order valence-corrected chi connectivity index (χ4v) is 1.82. The van der Waals surface area contributed by atoms with Gasteiger partial charge in [0.15, 0.2) is 0 Å². The predicted octanol–water partition coefficient (Wildman–Crippen LogP) is 2.53. The molecule has 0 aliphatic carbocycles. The van der Waals surface area contributed by atoms with E-state index in [2.05, 4.69) is 23.5 Å². The third kappa shape index (κ3) is 2.99. The molecule has 1 atom stereocenters. The van der Waals surface area contributed by atoms with E-state index in [1.54, 1.807) is 0 Å². The maximum atomic E-state index is 10.0. The molecule has 0 spiro atoms. The standard InChI is InChI=1S/C9H11BN2OS/c1-3-4-7(2)8-5-14-9(12-8)11-6-10-13/h3,5-7H,1,4H2,2H3. The second-order valence-electron chi connectivity index (χ2n) is 2.89. The minimum atomic E-state index is 0.365. The first-order valence-electron chi connectivity index (χ1n) is 4.32. The molecule has 0 radical (unpaired) electrons. The first-order valence-corrected chi connectivity index (χ1v) is 5.20. The van der Waals surface area contributed by atoms with Crippen molar-refractivity contribution in [1.82, 2.24) is 4.98 Å². The van der Waals surface area contributed by atoms with E-state index in [1.807, 2.05) is 11.5 Å². The average Bonchev–Trinajstić information content (AvgIpc) is 2.63. The van der Waals surface area contributed by atoms with Crippen molar-refractivity contribution in [2.75, 3.05) is 0 Å². The van der Waals surface area contributed by atoms with Crippen LogP contribution in [0.4, 0.5) is 5.13 Å². The van der Waals surface area contributed by atoms with Gasteiger partial charge in [0.25, 0.3) is 0 Å². The molecule has 3 nitrogen and oxygen atoms in total. The second-order valence-corrected chi connectivity index (χ2v) is 3.73. The van der Waals surface area contributed by atoms with Crippen LogP contribution in [0.2, 0.25) is 0 Å². The van der Waals surface area contributed by atoms with Gasteiger partial charge in [0.1, 0.15) is 0 Å². The first-order chi connectivity index (χ1) is 6.77. The Kier molecular flexibility index (Phi) is 4.39. The molecule has 0 saturated carbocycles. The number of nitrogens with zero attached hydrogens (tertiary/aromatic N) is 2. The van der Waals surface area contributed by atoms with E-state index in [0.717, 1.165) is 12.1 Å². The van der Waals surface area contributed by atoms with Crippen LogP contribution in [0.15, 0.2) is 23.0 Å². The number of hydrogen-bond acceptors (Lipinski definition) is 4. The van der Waals surface area contributed by atoms with Crippen molar-refractivity contribution in [2.24, 2.45) is 4.99 Å². The van der Waals surface area contributed by atoms with E-state index < -0.39 is 0 Å². The van der Waals surface area contributed by atoms with Crippen LogP contribution in [-0.2, 0) is 4.70 Å². The Morgan fingerprint density at radius 1 is 1.86 bits per heavy atom. The van der Waals surface area contributed by atoms with E-state index in [4.69, 9.17) is 0 Å². The van der Waals surface area contributed by atoms with E-state index in [-0.39, 0.29) is 0 Å². The molecule has 0 N–H and O–H groups in total. The molecule has 1 unspecified atom stereocenters. The molecule has 1 heterocycles. The quantitative estimate of drug-likeness (QED) is 0.422. The van der Waals surface area contributed by atoms with Gasteiger partial charge in [-0.1, -0.05) is 0 Å². The molecule has 0 fully saturated rings. The summed E-state index contributed by atoms with van der Waals surface area (Å²) in [6.07, 6.45) is 3.99. The molecule has 14 heavy (non-hydrogen) atoms. The van der Waals surface area contributed by atoms with Crippen molar-refractivity contribution in [3.63, 3.8) is 0 Å². The molecule has 1 aromatic heterocycles. The maximum absolute atomic E-state index is 10.0. The van der Waals surface area contributed by atoms with Crippen LogP contribution in [0.1, 0.15) is 25.0 Å². The zero-order chi connectivity index (χ0) is 10.4. The Balaban J connectivity index is 2.71. The summed E-state index contributed by atoms with van der Waals surface area (Å²) in [5.74, 6) is 0.365. The summed E-state index contributed by atoms with van der Waals surface area (Å²) in [7, 11) is 0.647. The van der Waals surface area contributed by atoms with Crippen LogP contribution >= 0.6 is 11.3 Å². The SMILES string of the molecule is C=CCC(C)c1csc(N=CB=O)n1. The zero-order valence-corrected chi connectivity index (χ0v) is 8.83. The number of thiazole rings is 1. The molecular weight excluding hydrogens is 195 g/mol. The molecule has 0 aromatic carbocycles. The van der Waals surface area contributed by atoms with Crippen molar-refractivity contribution < 1.29 is 4.70 Å². The van der Waals surface area contributed by atoms with E-state index in [0.29, 0.717) is 18.2 Å². The molecular formula is C9H11BN2OS. The summed E-state index contributed by atoms with van der Waals surface area (Å²) in [5.41, 5.74) is 1.01. The number of aromatic nitrogens is 1. The van der Waals surface area contributed by atoms with Gasteiger partial charge < -0.3 is 0 Å². The van der Waals surface area contributed by atoms with Crippen molar-refractivity contribution in [2.45, 2.75) is 19.3 Å². The summed E-state index contributed by atoms with van der Waals surface area (Å²) < 4.78 is 10.0. The van der Waals surface area contributed by atoms with E-state index in [9.17, 15) is 4.70 Å². The molecule has 0 saturated heterocycles. The fourth-order valence-electron chi connectivity index (χ4n) is 1.03. The Bertz CT molecular complexity index is 348. The van der Waals surface area contributed by atoms with Gasteiger partial charge in [-0.3, -0.25) is 0 Å². The normalized spacial score (nSPS) is 12.6. The van der Waals surface area contributed by atoms with Gasteiger partial charge >= 0.3 is 87.4 Å². The monoisotopic (exact) mass is 206 g/mol. The molecule has 1 rings (SSSR count). The van der Waals surface area contributed by atoms with Crippen molar-refractivity contribution in [3.8, 4) is 0 Å². The van der Waals surface area contributed by atoms with Gasteiger partial charge in [0, 0.05) is 0 Å².